The van der Waals surface area contributed by atoms with Gasteiger partial charge in [-0.1, -0.05) is 12.1 Å². The lowest BCUT2D eigenvalue weighted by Crippen LogP contribution is -2.50. The number of Topliss-reactive ketones (excluding diaryl/α,β-unsaturated/α-hetero) is 1. The number of rotatable bonds is 4. The van der Waals surface area contributed by atoms with E-state index in [2.05, 4.69) is 11.9 Å². The van der Waals surface area contributed by atoms with Gasteiger partial charge in [0.05, 0.1) is 12.0 Å². The number of para-hydroxylation sites is 1. The van der Waals surface area contributed by atoms with Crippen LogP contribution in [0.5, 0.6) is 5.75 Å². The number of hydrogen-bond donors (Lipinski definition) is 0. The van der Waals surface area contributed by atoms with Crippen molar-refractivity contribution in [2.45, 2.75) is 50.7 Å². The van der Waals surface area contributed by atoms with Gasteiger partial charge in [-0.15, -0.1) is 0 Å². The van der Waals surface area contributed by atoms with E-state index in [0.29, 0.717) is 43.2 Å². The number of likely N-dealkylation sites (tertiary alicyclic amines) is 2. The summed E-state index contributed by atoms with van der Waals surface area (Å²) < 4.78 is 6.29. The smallest absolute Gasteiger partial charge is 0.244 e. The largest absolute Gasteiger partial charge is 0.486 e. The van der Waals surface area contributed by atoms with Gasteiger partial charge in [0.25, 0.3) is 0 Å². The third-order valence-corrected chi connectivity index (χ3v) is 7.14. The predicted octanol–water partition coefficient (Wildman–Crippen LogP) is 2.20. The van der Waals surface area contributed by atoms with Crippen molar-refractivity contribution in [2.75, 3.05) is 40.3 Å². The van der Waals surface area contributed by atoms with Crippen molar-refractivity contribution in [3.8, 4) is 5.75 Å². The molecule has 31 heavy (non-hydrogen) atoms. The van der Waals surface area contributed by atoms with Crippen LogP contribution in [0, 0.1) is 5.92 Å². The van der Waals surface area contributed by atoms with Crippen molar-refractivity contribution in [3.05, 3.63) is 29.8 Å². The Bertz CT molecular complexity index is 872. The zero-order valence-corrected chi connectivity index (χ0v) is 18.8. The Balaban J connectivity index is 1.42. The van der Waals surface area contributed by atoms with Crippen LogP contribution in [-0.2, 0) is 9.59 Å². The highest BCUT2D eigenvalue weighted by atomic mass is 16.5. The molecule has 0 saturated carbocycles. The second-order valence-corrected chi connectivity index (χ2v) is 9.53. The summed E-state index contributed by atoms with van der Waals surface area (Å²) in [7, 11) is 3.94. The minimum atomic E-state index is -0.668. The van der Waals surface area contributed by atoms with Gasteiger partial charge >= 0.3 is 0 Å². The molecule has 3 aliphatic rings. The third kappa shape index (κ3) is 4.47. The van der Waals surface area contributed by atoms with E-state index in [1.54, 1.807) is 15.9 Å². The molecular weight excluding hydrogens is 394 g/mol. The van der Waals surface area contributed by atoms with Gasteiger partial charge in [-0.2, -0.15) is 0 Å². The molecular formula is C24H33N3O4. The molecule has 3 aliphatic heterocycles. The molecule has 4 rings (SSSR count). The maximum atomic E-state index is 13.1. The number of ether oxygens (including phenoxy) is 1. The maximum absolute atomic E-state index is 13.1. The third-order valence-electron chi connectivity index (χ3n) is 7.14. The van der Waals surface area contributed by atoms with Crippen LogP contribution in [0.2, 0.25) is 0 Å². The zero-order valence-electron chi connectivity index (χ0n) is 18.8. The monoisotopic (exact) mass is 427 g/mol. The van der Waals surface area contributed by atoms with Crippen molar-refractivity contribution in [3.63, 3.8) is 0 Å². The summed E-state index contributed by atoms with van der Waals surface area (Å²) in [6.45, 7) is 5.02. The van der Waals surface area contributed by atoms with Gasteiger partial charge in [-0.25, -0.2) is 0 Å². The molecule has 168 valence electrons. The lowest BCUT2D eigenvalue weighted by molar-refractivity contribution is -0.144. The Hall–Kier alpha value is -2.41. The molecule has 0 N–H and O–H groups in total. The molecule has 3 unspecified atom stereocenters. The number of likely N-dealkylation sites (N-methyl/N-ethyl adjacent to an activating group) is 1. The Labute approximate surface area is 184 Å². The van der Waals surface area contributed by atoms with Crippen LogP contribution in [0.15, 0.2) is 24.3 Å². The first kappa shape index (κ1) is 21.8. The van der Waals surface area contributed by atoms with Gasteiger partial charge in [0, 0.05) is 39.5 Å². The average molecular weight is 428 g/mol. The molecule has 2 amide bonds. The van der Waals surface area contributed by atoms with E-state index < -0.39 is 11.6 Å². The second-order valence-electron chi connectivity index (χ2n) is 9.53. The lowest BCUT2D eigenvalue weighted by Gasteiger charge is -2.37. The summed E-state index contributed by atoms with van der Waals surface area (Å²) in [6, 6.07) is 6.79. The fourth-order valence-electron chi connectivity index (χ4n) is 5.29. The van der Waals surface area contributed by atoms with Gasteiger partial charge in [0.2, 0.25) is 11.8 Å². The first-order valence-electron chi connectivity index (χ1n) is 11.3. The van der Waals surface area contributed by atoms with Crippen molar-refractivity contribution < 1.29 is 19.1 Å². The van der Waals surface area contributed by atoms with Crippen molar-refractivity contribution in [2.24, 2.45) is 5.92 Å². The minimum Gasteiger partial charge on any atom is -0.486 e. The van der Waals surface area contributed by atoms with Gasteiger partial charge in [0.1, 0.15) is 17.4 Å². The summed E-state index contributed by atoms with van der Waals surface area (Å²) in [4.78, 5) is 44.5. The number of ketones is 1. The van der Waals surface area contributed by atoms with Crippen LogP contribution in [0.3, 0.4) is 0 Å². The van der Waals surface area contributed by atoms with E-state index >= 15 is 0 Å². The molecule has 3 heterocycles. The highest BCUT2D eigenvalue weighted by Crippen LogP contribution is 2.39. The number of amides is 2. The van der Waals surface area contributed by atoms with Crippen LogP contribution in [0.4, 0.5) is 0 Å². The van der Waals surface area contributed by atoms with E-state index in [4.69, 9.17) is 4.74 Å². The van der Waals surface area contributed by atoms with Crippen LogP contribution in [-0.4, -0.2) is 84.2 Å². The molecule has 0 radical (unpaired) electrons. The Morgan fingerprint density at radius 2 is 2.03 bits per heavy atom. The summed E-state index contributed by atoms with van der Waals surface area (Å²) in [5.74, 6) is 1.08. The molecule has 2 saturated heterocycles. The maximum Gasteiger partial charge on any atom is 0.244 e. The minimum absolute atomic E-state index is 0.0233. The zero-order chi connectivity index (χ0) is 22.2. The summed E-state index contributed by atoms with van der Waals surface area (Å²) >= 11 is 0. The SMILES string of the molecule is CC(C(=O)N(C)CC1CCN(C)C1)N1CCC2(CCC1=O)CC(=O)c1ccccc1O2. The first-order valence-corrected chi connectivity index (χ1v) is 11.3. The molecule has 2 fully saturated rings. The molecule has 1 aromatic carbocycles. The van der Waals surface area contributed by atoms with Gasteiger partial charge in [-0.3, -0.25) is 14.4 Å². The second kappa shape index (κ2) is 8.61. The predicted molar refractivity (Wildman–Crippen MR) is 117 cm³/mol. The van der Waals surface area contributed by atoms with Crippen molar-refractivity contribution in [1.82, 2.24) is 14.7 Å². The number of fused-ring (bicyclic) bond motifs is 1. The Morgan fingerprint density at radius 3 is 2.77 bits per heavy atom. The van der Waals surface area contributed by atoms with Crippen LogP contribution in [0.1, 0.15) is 49.4 Å². The quantitative estimate of drug-likeness (QED) is 0.737. The first-order chi connectivity index (χ1) is 14.8. The molecule has 1 aromatic rings. The summed E-state index contributed by atoms with van der Waals surface area (Å²) in [5, 5.41) is 0. The van der Waals surface area contributed by atoms with E-state index in [9.17, 15) is 14.4 Å². The van der Waals surface area contributed by atoms with Gasteiger partial charge in [-0.05, 0) is 51.4 Å². The number of hydrogen-bond acceptors (Lipinski definition) is 5. The fraction of sp³-hybridized carbons (Fsp3) is 0.625. The topological polar surface area (TPSA) is 70.2 Å². The number of benzene rings is 1. The highest BCUT2D eigenvalue weighted by molar-refractivity contribution is 6.00. The number of carbonyl (C=O) groups excluding carboxylic acids is 3. The summed E-state index contributed by atoms with van der Waals surface area (Å²) in [5.41, 5.74) is -0.0536. The molecule has 1 spiro atoms. The van der Waals surface area contributed by atoms with Gasteiger partial charge < -0.3 is 19.4 Å². The molecule has 0 aliphatic carbocycles. The van der Waals surface area contributed by atoms with E-state index in [-0.39, 0.29) is 30.4 Å². The average Bonchev–Trinajstić information content (AvgIpc) is 3.09. The molecule has 0 aromatic heterocycles. The molecule has 3 atom stereocenters. The highest BCUT2D eigenvalue weighted by Gasteiger charge is 2.44. The number of nitrogens with zero attached hydrogens (tertiary/aromatic N) is 3. The van der Waals surface area contributed by atoms with E-state index in [1.807, 2.05) is 32.2 Å². The van der Waals surface area contributed by atoms with Crippen molar-refractivity contribution in [1.29, 1.82) is 0 Å². The fourth-order valence-corrected chi connectivity index (χ4v) is 5.29. The van der Waals surface area contributed by atoms with E-state index in [1.165, 1.54) is 0 Å². The Morgan fingerprint density at radius 1 is 1.26 bits per heavy atom. The van der Waals surface area contributed by atoms with Gasteiger partial charge in [0.15, 0.2) is 5.78 Å². The van der Waals surface area contributed by atoms with Crippen LogP contribution in [0.25, 0.3) is 0 Å². The molecule has 7 heteroatoms. The lowest BCUT2D eigenvalue weighted by atomic mass is 9.84. The number of carbonyl (C=O) groups is 3. The molecule has 0 bridgehead atoms. The Kier molecular flexibility index (Phi) is 6.06. The summed E-state index contributed by atoms with van der Waals surface area (Å²) in [6.07, 6.45) is 2.70. The molecule has 7 nitrogen and oxygen atoms in total. The van der Waals surface area contributed by atoms with Crippen molar-refractivity contribution >= 4 is 17.6 Å². The normalized spacial score (nSPS) is 27.6. The standard InChI is InChI=1S/C24H33N3O4/c1-17(23(30)26(3)16-18-9-12-25(2)15-18)27-13-11-24(10-8-22(27)29)14-20(28)19-6-4-5-7-21(19)31-24/h4-7,17-18H,8-16H2,1-3H3. The van der Waals surface area contributed by atoms with E-state index in [0.717, 1.165) is 19.5 Å². The van der Waals surface area contributed by atoms with Crippen LogP contribution < -0.4 is 4.74 Å². The van der Waals surface area contributed by atoms with Crippen LogP contribution >= 0.6 is 0 Å².